The van der Waals surface area contributed by atoms with Crippen LogP contribution >= 0.6 is 0 Å². The first-order valence-electron chi connectivity index (χ1n) is 4.51. The summed E-state index contributed by atoms with van der Waals surface area (Å²) in [7, 11) is 0. The van der Waals surface area contributed by atoms with E-state index in [-0.39, 0.29) is 12.3 Å². The molecule has 0 N–H and O–H groups in total. The summed E-state index contributed by atoms with van der Waals surface area (Å²) in [5.74, 6) is 0. The SMILES string of the molecule is N#Cc1ncccc1COCCC(F)(F)F. The number of aromatic nitrogens is 1. The van der Waals surface area contributed by atoms with Crippen molar-refractivity contribution in [2.24, 2.45) is 0 Å². The maximum absolute atomic E-state index is 11.8. The van der Waals surface area contributed by atoms with Gasteiger partial charge in [-0.25, -0.2) is 4.98 Å². The summed E-state index contributed by atoms with van der Waals surface area (Å²) < 4.78 is 40.2. The largest absolute Gasteiger partial charge is 0.391 e. The van der Waals surface area contributed by atoms with Crippen LogP contribution < -0.4 is 0 Å². The van der Waals surface area contributed by atoms with Crippen LogP contribution in [0.15, 0.2) is 18.3 Å². The molecule has 1 aromatic heterocycles. The monoisotopic (exact) mass is 230 g/mol. The van der Waals surface area contributed by atoms with E-state index in [0.717, 1.165) is 0 Å². The smallest absolute Gasteiger partial charge is 0.376 e. The first-order chi connectivity index (χ1) is 7.53. The Labute approximate surface area is 90.5 Å². The number of hydrogen-bond acceptors (Lipinski definition) is 3. The molecule has 0 aliphatic carbocycles. The molecule has 1 aromatic rings. The second-order valence-electron chi connectivity index (χ2n) is 3.04. The average molecular weight is 230 g/mol. The first kappa shape index (κ1) is 12.5. The van der Waals surface area contributed by atoms with Gasteiger partial charge < -0.3 is 4.74 Å². The van der Waals surface area contributed by atoms with Crippen LogP contribution in [0.1, 0.15) is 17.7 Å². The Morgan fingerprint density at radius 2 is 2.19 bits per heavy atom. The standard InChI is InChI=1S/C10H9F3N2O/c11-10(12,13)3-5-16-7-8-2-1-4-15-9(8)6-14/h1-2,4H,3,5,7H2. The fourth-order valence-corrected chi connectivity index (χ4v) is 1.03. The molecule has 0 atom stereocenters. The van der Waals surface area contributed by atoms with Gasteiger partial charge in [0.25, 0.3) is 0 Å². The maximum Gasteiger partial charge on any atom is 0.391 e. The Kier molecular flexibility index (Phi) is 4.26. The quantitative estimate of drug-likeness (QED) is 0.746. The summed E-state index contributed by atoms with van der Waals surface area (Å²) in [5.41, 5.74) is 0.668. The van der Waals surface area contributed by atoms with E-state index in [0.29, 0.717) is 5.56 Å². The number of nitrogens with zero attached hydrogens (tertiary/aromatic N) is 2. The number of nitriles is 1. The van der Waals surface area contributed by atoms with E-state index in [1.54, 1.807) is 12.1 Å². The molecule has 1 heterocycles. The van der Waals surface area contributed by atoms with E-state index in [1.807, 2.05) is 6.07 Å². The lowest BCUT2D eigenvalue weighted by Crippen LogP contribution is -2.11. The highest BCUT2D eigenvalue weighted by molar-refractivity contribution is 5.29. The average Bonchev–Trinajstić information content (AvgIpc) is 2.23. The van der Waals surface area contributed by atoms with Gasteiger partial charge >= 0.3 is 6.18 Å². The Bertz CT molecular complexity index is 384. The molecule has 0 unspecified atom stereocenters. The number of ether oxygens (including phenoxy) is 1. The van der Waals surface area contributed by atoms with Crippen molar-refractivity contribution in [1.29, 1.82) is 5.26 Å². The molecule has 0 saturated carbocycles. The van der Waals surface area contributed by atoms with E-state index in [1.165, 1.54) is 6.20 Å². The molecule has 0 radical (unpaired) electrons. The normalized spacial score (nSPS) is 11.1. The number of rotatable bonds is 4. The highest BCUT2D eigenvalue weighted by Crippen LogP contribution is 2.19. The predicted octanol–water partition coefficient (Wildman–Crippen LogP) is 2.42. The van der Waals surface area contributed by atoms with Gasteiger partial charge in [0.1, 0.15) is 11.8 Å². The first-order valence-corrected chi connectivity index (χ1v) is 4.51. The zero-order valence-corrected chi connectivity index (χ0v) is 8.29. The predicted molar refractivity (Wildman–Crippen MR) is 49.3 cm³/mol. The van der Waals surface area contributed by atoms with E-state index >= 15 is 0 Å². The van der Waals surface area contributed by atoms with Crippen molar-refractivity contribution in [2.75, 3.05) is 6.61 Å². The van der Waals surface area contributed by atoms with Gasteiger partial charge in [0.05, 0.1) is 19.6 Å². The van der Waals surface area contributed by atoms with E-state index in [2.05, 4.69) is 4.98 Å². The van der Waals surface area contributed by atoms with Crippen LogP contribution in [0.2, 0.25) is 0 Å². The Morgan fingerprint density at radius 3 is 2.81 bits per heavy atom. The zero-order valence-electron chi connectivity index (χ0n) is 8.29. The Balaban J connectivity index is 2.41. The molecule has 0 saturated heterocycles. The molecular weight excluding hydrogens is 221 g/mol. The lowest BCUT2D eigenvalue weighted by molar-refractivity contribution is -0.146. The Morgan fingerprint density at radius 1 is 1.44 bits per heavy atom. The summed E-state index contributed by atoms with van der Waals surface area (Å²) in [6.07, 6.45) is -3.76. The lowest BCUT2D eigenvalue weighted by atomic mass is 10.2. The minimum Gasteiger partial charge on any atom is -0.376 e. The van der Waals surface area contributed by atoms with Crippen LogP contribution in [0.4, 0.5) is 13.2 Å². The van der Waals surface area contributed by atoms with Crippen LogP contribution in [0.25, 0.3) is 0 Å². The Hall–Kier alpha value is -1.61. The van der Waals surface area contributed by atoms with Crippen LogP contribution in [0, 0.1) is 11.3 Å². The zero-order chi connectivity index (χ0) is 12.0. The molecule has 0 aliphatic rings. The third-order valence-corrected chi connectivity index (χ3v) is 1.78. The van der Waals surface area contributed by atoms with Crippen molar-refractivity contribution in [1.82, 2.24) is 4.98 Å². The van der Waals surface area contributed by atoms with Gasteiger partial charge in [0.15, 0.2) is 0 Å². The van der Waals surface area contributed by atoms with Gasteiger partial charge in [-0.2, -0.15) is 18.4 Å². The summed E-state index contributed by atoms with van der Waals surface area (Å²) in [6.45, 7) is -0.448. The number of hydrogen-bond donors (Lipinski definition) is 0. The highest BCUT2D eigenvalue weighted by Gasteiger charge is 2.26. The third kappa shape index (κ3) is 4.28. The van der Waals surface area contributed by atoms with Crippen LogP contribution in [-0.2, 0) is 11.3 Å². The van der Waals surface area contributed by atoms with Crippen molar-refractivity contribution in [3.63, 3.8) is 0 Å². The van der Waals surface area contributed by atoms with Crippen molar-refractivity contribution >= 4 is 0 Å². The minimum atomic E-state index is -4.22. The van der Waals surface area contributed by atoms with Crippen molar-refractivity contribution in [2.45, 2.75) is 19.2 Å². The van der Waals surface area contributed by atoms with Crippen LogP contribution in [-0.4, -0.2) is 17.8 Å². The van der Waals surface area contributed by atoms with Gasteiger partial charge in [0.2, 0.25) is 0 Å². The topological polar surface area (TPSA) is 45.9 Å². The molecule has 0 spiro atoms. The van der Waals surface area contributed by atoms with Gasteiger partial charge in [-0.3, -0.25) is 0 Å². The summed E-state index contributed by atoms with van der Waals surface area (Å²) >= 11 is 0. The molecule has 16 heavy (non-hydrogen) atoms. The number of pyridine rings is 1. The fourth-order valence-electron chi connectivity index (χ4n) is 1.03. The molecular formula is C10H9F3N2O. The van der Waals surface area contributed by atoms with Crippen molar-refractivity contribution < 1.29 is 17.9 Å². The van der Waals surface area contributed by atoms with Crippen LogP contribution in [0.3, 0.4) is 0 Å². The number of alkyl halides is 3. The summed E-state index contributed by atoms with van der Waals surface area (Å²) in [5, 5.41) is 8.66. The number of halogens is 3. The third-order valence-electron chi connectivity index (χ3n) is 1.78. The van der Waals surface area contributed by atoms with Crippen LogP contribution in [0.5, 0.6) is 0 Å². The molecule has 0 aromatic carbocycles. The molecule has 0 bridgehead atoms. The van der Waals surface area contributed by atoms with Gasteiger partial charge in [-0.05, 0) is 6.07 Å². The maximum atomic E-state index is 11.8. The molecule has 1 rings (SSSR count). The van der Waals surface area contributed by atoms with E-state index < -0.39 is 19.2 Å². The molecule has 0 fully saturated rings. The highest BCUT2D eigenvalue weighted by atomic mass is 19.4. The summed E-state index contributed by atoms with van der Waals surface area (Å²) in [6, 6.07) is 5.04. The molecule has 6 heteroatoms. The second kappa shape index (κ2) is 5.47. The fraction of sp³-hybridized carbons (Fsp3) is 0.400. The molecule has 0 amide bonds. The lowest BCUT2D eigenvalue weighted by Gasteiger charge is -2.07. The van der Waals surface area contributed by atoms with Crippen molar-refractivity contribution in [3.05, 3.63) is 29.6 Å². The second-order valence-corrected chi connectivity index (χ2v) is 3.04. The molecule has 3 nitrogen and oxygen atoms in total. The minimum absolute atomic E-state index is 0.0349. The van der Waals surface area contributed by atoms with E-state index in [4.69, 9.17) is 10.00 Å². The van der Waals surface area contributed by atoms with E-state index in [9.17, 15) is 13.2 Å². The summed E-state index contributed by atoms with van der Waals surface area (Å²) in [4.78, 5) is 3.76. The van der Waals surface area contributed by atoms with Gasteiger partial charge in [-0.1, -0.05) is 6.07 Å². The molecule has 0 aliphatic heterocycles. The molecule has 86 valence electrons. The van der Waals surface area contributed by atoms with Gasteiger partial charge in [0, 0.05) is 11.8 Å². The van der Waals surface area contributed by atoms with Crippen molar-refractivity contribution in [3.8, 4) is 6.07 Å². The van der Waals surface area contributed by atoms with Gasteiger partial charge in [-0.15, -0.1) is 0 Å².